The normalized spacial score (nSPS) is 34.5. The van der Waals surface area contributed by atoms with Gasteiger partial charge in [0.25, 0.3) is 5.92 Å². The van der Waals surface area contributed by atoms with Crippen LogP contribution in [0.3, 0.4) is 0 Å². The van der Waals surface area contributed by atoms with Crippen molar-refractivity contribution in [2.45, 2.75) is 39.5 Å². The lowest BCUT2D eigenvalue weighted by Crippen LogP contribution is -2.59. The zero-order chi connectivity index (χ0) is 23.5. The Balaban J connectivity index is 1.48. The first kappa shape index (κ1) is 22.1. The smallest absolute Gasteiger partial charge is 0.251 e. The quantitative estimate of drug-likeness (QED) is 0.470. The largest absolute Gasteiger partial charge is 0.298 e. The monoisotopic (exact) mass is 451 g/mol. The van der Waals surface area contributed by atoms with E-state index >= 15 is 8.78 Å². The minimum Gasteiger partial charge on any atom is -0.298 e. The summed E-state index contributed by atoms with van der Waals surface area (Å²) >= 11 is 0. The van der Waals surface area contributed by atoms with Crippen molar-refractivity contribution in [1.82, 2.24) is 4.98 Å². The third-order valence-electron chi connectivity index (χ3n) is 8.55. The summed E-state index contributed by atoms with van der Waals surface area (Å²) in [7, 11) is 0. The second-order valence-corrected chi connectivity index (χ2v) is 9.91. The number of pyridine rings is 1. The minimum atomic E-state index is -2.89. The molecule has 2 aromatic rings. The standard InChI is InChI=1S/C28H28F3NO/c1-4-27-16(2)22-13-23(22)26(33)25(27)14-28(30,31)17(3)24(27)11-10-21-9-8-19(15-32-21)18-6-5-7-20(29)12-18/h5-13,15-17,23-25H,4,14H2,1-3H3/b11-10+/t16-,17-,23?,24-,25-,27-/m0/s1. The van der Waals surface area contributed by atoms with Crippen molar-refractivity contribution in [3.63, 3.8) is 0 Å². The third kappa shape index (κ3) is 3.39. The number of alkyl halides is 2. The molecule has 0 saturated heterocycles. The van der Waals surface area contributed by atoms with E-state index in [0.717, 1.165) is 16.7 Å². The second kappa shape index (κ2) is 7.68. The first-order valence-corrected chi connectivity index (χ1v) is 11.7. The molecule has 1 aromatic carbocycles. The van der Waals surface area contributed by atoms with Gasteiger partial charge in [0.15, 0.2) is 0 Å². The fraction of sp³-hybridized carbons (Fsp3) is 0.429. The van der Waals surface area contributed by atoms with Crippen LogP contribution in [0.25, 0.3) is 17.2 Å². The number of benzene rings is 1. The van der Waals surface area contributed by atoms with Crippen LogP contribution in [0.2, 0.25) is 0 Å². The first-order valence-electron chi connectivity index (χ1n) is 11.7. The van der Waals surface area contributed by atoms with Gasteiger partial charge in [0.05, 0.1) is 11.6 Å². The summed E-state index contributed by atoms with van der Waals surface area (Å²) in [5.41, 5.74) is 2.79. The van der Waals surface area contributed by atoms with Gasteiger partial charge in [-0.1, -0.05) is 56.7 Å². The Hall–Kier alpha value is -2.69. The van der Waals surface area contributed by atoms with Gasteiger partial charge in [0.1, 0.15) is 11.6 Å². The van der Waals surface area contributed by atoms with Crippen molar-refractivity contribution >= 4 is 11.9 Å². The van der Waals surface area contributed by atoms with Crippen molar-refractivity contribution in [1.29, 1.82) is 0 Å². The number of hydrogen-bond acceptors (Lipinski definition) is 2. The summed E-state index contributed by atoms with van der Waals surface area (Å²) in [6.45, 7) is 5.76. The van der Waals surface area contributed by atoms with Crippen LogP contribution in [0.15, 0.2) is 60.3 Å². The number of Topliss-reactive ketones (excluding diaryl/α,β-unsaturated/α-hetero) is 1. The van der Waals surface area contributed by atoms with Crippen molar-refractivity contribution < 1.29 is 18.0 Å². The van der Waals surface area contributed by atoms with Crippen LogP contribution in [0.4, 0.5) is 13.2 Å². The molecule has 6 atom stereocenters. The van der Waals surface area contributed by atoms with Crippen LogP contribution < -0.4 is 0 Å². The number of aromatic nitrogens is 1. The van der Waals surface area contributed by atoms with Crippen LogP contribution in [0.5, 0.6) is 0 Å². The maximum Gasteiger partial charge on any atom is 0.251 e. The number of nitrogens with zero attached hydrogens (tertiary/aromatic N) is 1. The Morgan fingerprint density at radius 2 is 1.94 bits per heavy atom. The molecule has 5 heteroatoms. The van der Waals surface area contributed by atoms with Gasteiger partial charge < -0.3 is 0 Å². The number of hydrogen-bond donors (Lipinski definition) is 0. The fourth-order valence-electron chi connectivity index (χ4n) is 6.57. The molecular weight excluding hydrogens is 423 g/mol. The van der Waals surface area contributed by atoms with Gasteiger partial charge in [-0.2, -0.15) is 0 Å². The summed E-state index contributed by atoms with van der Waals surface area (Å²) in [5, 5.41) is 0. The summed E-state index contributed by atoms with van der Waals surface area (Å²) in [6, 6.07) is 9.97. The van der Waals surface area contributed by atoms with Crippen molar-refractivity contribution in [2.75, 3.05) is 0 Å². The highest BCUT2D eigenvalue weighted by Crippen LogP contribution is 2.67. The molecule has 0 radical (unpaired) electrons. The van der Waals surface area contributed by atoms with E-state index in [0.29, 0.717) is 12.1 Å². The molecular formula is C28H28F3NO. The maximum atomic E-state index is 15.1. The molecule has 2 saturated carbocycles. The average molecular weight is 452 g/mol. The number of halogens is 3. The van der Waals surface area contributed by atoms with E-state index in [1.807, 2.05) is 37.3 Å². The van der Waals surface area contributed by atoms with Gasteiger partial charge in [-0.05, 0) is 53.5 Å². The van der Waals surface area contributed by atoms with Crippen LogP contribution in [-0.4, -0.2) is 16.7 Å². The van der Waals surface area contributed by atoms with E-state index in [2.05, 4.69) is 11.9 Å². The van der Waals surface area contributed by atoms with Gasteiger partial charge in [0, 0.05) is 30.0 Å². The van der Waals surface area contributed by atoms with Gasteiger partial charge in [0.2, 0.25) is 0 Å². The molecule has 33 heavy (non-hydrogen) atoms. The number of carbonyl (C=O) groups is 1. The molecule has 172 valence electrons. The Labute approximate surface area is 192 Å². The Kier molecular flexibility index (Phi) is 5.15. The lowest BCUT2D eigenvalue weighted by atomic mass is 9.46. The Bertz CT molecular complexity index is 1150. The van der Waals surface area contributed by atoms with Gasteiger partial charge in [-0.3, -0.25) is 9.78 Å². The molecule has 1 aromatic heterocycles. The molecule has 1 heterocycles. The third-order valence-corrected chi connectivity index (χ3v) is 8.55. The first-order chi connectivity index (χ1) is 15.7. The highest BCUT2D eigenvalue weighted by Gasteiger charge is 2.67. The number of carbonyl (C=O) groups excluding carboxylic acids is 1. The molecule has 2 nitrogen and oxygen atoms in total. The Morgan fingerprint density at radius 3 is 2.61 bits per heavy atom. The number of fused-ring (bicyclic) bond motifs is 2. The number of ketones is 1. The second-order valence-electron chi connectivity index (χ2n) is 9.91. The van der Waals surface area contributed by atoms with Crippen LogP contribution in [0, 0.1) is 40.8 Å². The van der Waals surface area contributed by atoms with Gasteiger partial charge in [-0.15, -0.1) is 0 Å². The predicted octanol–water partition coefficient (Wildman–Crippen LogP) is 6.98. The molecule has 0 amide bonds. The molecule has 0 bridgehead atoms. The van der Waals surface area contributed by atoms with Gasteiger partial charge in [-0.25, -0.2) is 13.2 Å². The van der Waals surface area contributed by atoms with E-state index in [-0.39, 0.29) is 29.9 Å². The molecule has 2 fully saturated rings. The zero-order valence-electron chi connectivity index (χ0n) is 19.1. The lowest BCUT2D eigenvalue weighted by molar-refractivity contribution is -0.186. The summed E-state index contributed by atoms with van der Waals surface area (Å²) in [6.07, 6.45) is 7.63. The van der Waals surface area contributed by atoms with E-state index in [1.165, 1.54) is 12.1 Å². The summed E-state index contributed by atoms with van der Waals surface area (Å²) in [5.74, 6) is -5.28. The molecule has 1 unspecified atom stereocenters. The van der Waals surface area contributed by atoms with E-state index < -0.39 is 29.1 Å². The maximum absolute atomic E-state index is 15.1. The predicted molar refractivity (Wildman–Crippen MR) is 123 cm³/mol. The highest BCUT2D eigenvalue weighted by molar-refractivity contribution is 5.94. The lowest BCUT2D eigenvalue weighted by Gasteiger charge is -2.58. The number of allylic oxidation sites excluding steroid dienone is 3. The molecule has 0 spiro atoms. The molecule has 0 N–H and O–H groups in total. The van der Waals surface area contributed by atoms with Crippen LogP contribution in [0.1, 0.15) is 39.3 Å². The van der Waals surface area contributed by atoms with E-state index in [4.69, 9.17) is 0 Å². The topological polar surface area (TPSA) is 30.0 Å². The van der Waals surface area contributed by atoms with E-state index in [1.54, 1.807) is 25.3 Å². The van der Waals surface area contributed by atoms with Crippen molar-refractivity contribution in [3.05, 3.63) is 71.8 Å². The number of rotatable bonds is 4. The van der Waals surface area contributed by atoms with Crippen molar-refractivity contribution in [2.24, 2.45) is 35.0 Å². The van der Waals surface area contributed by atoms with E-state index in [9.17, 15) is 9.18 Å². The molecule has 5 rings (SSSR count). The molecule has 0 aliphatic heterocycles. The highest BCUT2D eigenvalue weighted by atomic mass is 19.3. The SMILES string of the molecule is CC[C@@]12[C@@H](C)C3=CC3C(=O)[C@@H]1CC(F)(F)[C@@H](C)[C@@H]2/C=C/c1ccc(-c2cccc(F)c2)cn1. The molecule has 3 aliphatic carbocycles. The van der Waals surface area contributed by atoms with Crippen molar-refractivity contribution in [3.8, 4) is 11.1 Å². The average Bonchev–Trinajstić information content (AvgIpc) is 3.60. The van der Waals surface area contributed by atoms with Crippen LogP contribution >= 0.6 is 0 Å². The van der Waals surface area contributed by atoms with Gasteiger partial charge >= 0.3 is 0 Å². The van der Waals surface area contributed by atoms with Crippen LogP contribution in [-0.2, 0) is 4.79 Å². The zero-order valence-corrected chi connectivity index (χ0v) is 19.1. The summed E-state index contributed by atoms with van der Waals surface area (Å²) in [4.78, 5) is 17.5. The summed E-state index contributed by atoms with van der Waals surface area (Å²) < 4.78 is 43.8. The Morgan fingerprint density at radius 1 is 1.15 bits per heavy atom. The minimum absolute atomic E-state index is 0.0208. The molecule has 3 aliphatic rings. The fourth-order valence-corrected chi connectivity index (χ4v) is 6.57.